The minimum Gasteiger partial charge on any atom is -0.370 e. The Morgan fingerprint density at radius 2 is 2.24 bits per heavy atom. The van der Waals surface area contributed by atoms with Crippen molar-refractivity contribution in [1.29, 1.82) is 0 Å². The summed E-state index contributed by atoms with van der Waals surface area (Å²) < 4.78 is 5.79. The predicted molar refractivity (Wildman–Crippen MR) is 67.9 cm³/mol. The van der Waals surface area contributed by atoms with E-state index in [2.05, 4.69) is 12.2 Å². The molecule has 1 saturated heterocycles. The summed E-state index contributed by atoms with van der Waals surface area (Å²) >= 11 is 0. The molecule has 0 aliphatic carbocycles. The Morgan fingerprint density at radius 3 is 2.82 bits per heavy atom. The molecular formula is C12H25N3O2. The Hall–Kier alpha value is -0.810. The smallest absolute Gasteiger partial charge is 0.317 e. The van der Waals surface area contributed by atoms with Gasteiger partial charge in [0.1, 0.15) is 0 Å². The molecule has 0 saturated carbocycles. The van der Waals surface area contributed by atoms with E-state index in [0.717, 1.165) is 25.8 Å². The lowest BCUT2D eigenvalue weighted by Gasteiger charge is -2.42. The summed E-state index contributed by atoms with van der Waals surface area (Å²) in [7, 11) is 0. The lowest BCUT2D eigenvalue weighted by molar-refractivity contribution is -0.0959. The Bertz CT molecular complexity index is 244. The molecule has 3 N–H and O–H groups in total. The maximum Gasteiger partial charge on any atom is 0.317 e. The zero-order valence-corrected chi connectivity index (χ0v) is 11.0. The quantitative estimate of drug-likeness (QED) is 0.755. The van der Waals surface area contributed by atoms with E-state index in [-0.39, 0.29) is 11.6 Å². The third-order valence-corrected chi connectivity index (χ3v) is 3.14. The van der Waals surface area contributed by atoms with Gasteiger partial charge >= 0.3 is 6.03 Å². The zero-order chi connectivity index (χ0) is 12.7. The van der Waals surface area contributed by atoms with Crippen molar-refractivity contribution in [2.75, 3.05) is 32.8 Å². The molecule has 1 rings (SSSR count). The predicted octanol–water partition coefficient (Wildman–Crippen LogP) is 0.936. The summed E-state index contributed by atoms with van der Waals surface area (Å²) in [6.07, 6.45) is 2.87. The van der Waals surface area contributed by atoms with E-state index in [1.165, 1.54) is 0 Å². The monoisotopic (exact) mass is 243 g/mol. The fourth-order valence-corrected chi connectivity index (χ4v) is 2.19. The summed E-state index contributed by atoms with van der Waals surface area (Å²) in [5.74, 6) is 0. The van der Waals surface area contributed by atoms with Gasteiger partial charge in [0.25, 0.3) is 0 Å². The van der Waals surface area contributed by atoms with E-state index in [1.54, 1.807) is 0 Å². The first-order valence-corrected chi connectivity index (χ1v) is 6.54. The molecule has 2 amide bonds. The van der Waals surface area contributed by atoms with Gasteiger partial charge in [-0.1, -0.05) is 20.3 Å². The van der Waals surface area contributed by atoms with Crippen LogP contribution < -0.4 is 11.1 Å². The van der Waals surface area contributed by atoms with Crippen LogP contribution in [0.15, 0.2) is 0 Å². The van der Waals surface area contributed by atoms with Gasteiger partial charge in [0.15, 0.2) is 0 Å². The first-order valence-electron chi connectivity index (χ1n) is 6.54. The standard InChI is InChI=1S/C12H25N3O2/c1-3-5-12(9-13)10-15(7-8-17-12)11(16)14-6-4-2/h3-10,13H2,1-2H3,(H,14,16). The van der Waals surface area contributed by atoms with Crippen molar-refractivity contribution in [1.82, 2.24) is 10.2 Å². The van der Waals surface area contributed by atoms with E-state index in [1.807, 2.05) is 11.8 Å². The maximum absolute atomic E-state index is 11.9. The molecule has 1 fully saturated rings. The fraction of sp³-hybridized carbons (Fsp3) is 0.917. The fourth-order valence-electron chi connectivity index (χ4n) is 2.19. The van der Waals surface area contributed by atoms with Crippen LogP contribution in [0.1, 0.15) is 33.1 Å². The minimum absolute atomic E-state index is 0.00378. The second-order valence-electron chi connectivity index (χ2n) is 4.64. The van der Waals surface area contributed by atoms with Crippen LogP contribution in [0.4, 0.5) is 4.79 Å². The molecule has 0 bridgehead atoms. The molecule has 0 radical (unpaired) electrons. The molecule has 0 spiro atoms. The summed E-state index contributed by atoms with van der Waals surface area (Å²) in [6, 6.07) is 0.00378. The molecule has 1 aliphatic heterocycles. The number of amides is 2. The van der Waals surface area contributed by atoms with E-state index >= 15 is 0 Å². The Morgan fingerprint density at radius 1 is 1.47 bits per heavy atom. The molecule has 5 nitrogen and oxygen atoms in total. The number of nitrogens with zero attached hydrogens (tertiary/aromatic N) is 1. The molecule has 0 aromatic heterocycles. The number of carbonyl (C=O) groups excluding carboxylic acids is 1. The van der Waals surface area contributed by atoms with Gasteiger partial charge in [-0.3, -0.25) is 0 Å². The number of carbonyl (C=O) groups is 1. The van der Waals surface area contributed by atoms with Gasteiger partial charge in [0, 0.05) is 19.6 Å². The van der Waals surface area contributed by atoms with Crippen molar-refractivity contribution < 1.29 is 9.53 Å². The number of ether oxygens (including phenoxy) is 1. The van der Waals surface area contributed by atoms with Crippen molar-refractivity contribution in [2.45, 2.75) is 38.7 Å². The molecule has 0 aromatic carbocycles. The number of nitrogens with one attached hydrogen (secondary N) is 1. The minimum atomic E-state index is -0.337. The van der Waals surface area contributed by atoms with Crippen LogP contribution >= 0.6 is 0 Å². The normalized spacial score (nSPS) is 24.8. The summed E-state index contributed by atoms with van der Waals surface area (Å²) in [6.45, 7) is 7.18. The number of nitrogens with two attached hydrogens (primary N) is 1. The van der Waals surface area contributed by atoms with Gasteiger partial charge in [-0.05, 0) is 12.8 Å². The first kappa shape index (κ1) is 14.3. The summed E-state index contributed by atoms with van der Waals surface area (Å²) in [5, 5.41) is 2.90. The highest BCUT2D eigenvalue weighted by Crippen LogP contribution is 2.22. The third-order valence-electron chi connectivity index (χ3n) is 3.14. The topological polar surface area (TPSA) is 67.6 Å². The molecule has 17 heavy (non-hydrogen) atoms. The van der Waals surface area contributed by atoms with Crippen molar-refractivity contribution in [3.8, 4) is 0 Å². The maximum atomic E-state index is 11.9. The highest BCUT2D eigenvalue weighted by molar-refractivity contribution is 5.74. The third kappa shape index (κ3) is 3.85. The second-order valence-corrected chi connectivity index (χ2v) is 4.64. The van der Waals surface area contributed by atoms with Crippen LogP contribution in [0.25, 0.3) is 0 Å². The first-order chi connectivity index (χ1) is 8.17. The van der Waals surface area contributed by atoms with Gasteiger partial charge < -0.3 is 20.7 Å². The van der Waals surface area contributed by atoms with Crippen molar-refractivity contribution >= 4 is 6.03 Å². The van der Waals surface area contributed by atoms with E-state index in [0.29, 0.717) is 26.2 Å². The number of urea groups is 1. The van der Waals surface area contributed by atoms with Gasteiger partial charge in [-0.25, -0.2) is 4.79 Å². The van der Waals surface area contributed by atoms with Crippen molar-refractivity contribution in [2.24, 2.45) is 5.73 Å². The van der Waals surface area contributed by atoms with Crippen molar-refractivity contribution in [3.63, 3.8) is 0 Å². The number of hydrogen-bond acceptors (Lipinski definition) is 3. The highest BCUT2D eigenvalue weighted by Gasteiger charge is 2.36. The largest absolute Gasteiger partial charge is 0.370 e. The molecule has 1 unspecified atom stereocenters. The van der Waals surface area contributed by atoms with Gasteiger partial charge in [0.05, 0.1) is 18.8 Å². The lowest BCUT2D eigenvalue weighted by Crippen LogP contribution is -2.58. The Labute approximate surface area is 104 Å². The van der Waals surface area contributed by atoms with Gasteiger partial charge in [-0.15, -0.1) is 0 Å². The van der Waals surface area contributed by atoms with E-state index in [9.17, 15) is 4.79 Å². The van der Waals surface area contributed by atoms with Gasteiger partial charge in [0.2, 0.25) is 0 Å². The average Bonchev–Trinajstić information content (AvgIpc) is 2.36. The van der Waals surface area contributed by atoms with Crippen LogP contribution in [0.5, 0.6) is 0 Å². The molecule has 5 heteroatoms. The zero-order valence-electron chi connectivity index (χ0n) is 11.0. The number of morpholine rings is 1. The molecule has 1 aliphatic rings. The van der Waals surface area contributed by atoms with Crippen LogP contribution in [0.3, 0.4) is 0 Å². The molecule has 1 atom stereocenters. The SMILES string of the molecule is CCCNC(=O)N1CCOC(CN)(CCC)C1. The van der Waals surface area contributed by atoms with Crippen LogP contribution in [-0.4, -0.2) is 49.3 Å². The summed E-state index contributed by atoms with van der Waals surface area (Å²) in [4.78, 5) is 13.7. The van der Waals surface area contributed by atoms with E-state index in [4.69, 9.17) is 10.5 Å². The van der Waals surface area contributed by atoms with Crippen molar-refractivity contribution in [3.05, 3.63) is 0 Å². The number of hydrogen-bond donors (Lipinski definition) is 2. The highest BCUT2D eigenvalue weighted by atomic mass is 16.5. The van der Waals surface area contributed by atoms with Crippen LogP contribution in [0.2, 0.25) is 0 Å². The lowest BCUT2D eigenvalue weighted by atomic mass is 9.96. The number of rotatable bonds is 5. The second kappa shape index (κ2) is 6.81. The molecule has 0 aromatic rings. The summed E-state index contributed by atoms with van der Waals surface area (Å²) in [5.41, 5.74) is 5.47. The Kier molecular flexibility index (Phi) is 5.71. The Balaban J connectivity index is 2.55. The average molecular weight is 243 g/mol. The molecule has 1 heterocycles. The van der Waals surface area contributed by atoms with Crippen LogP contribution in [-0.2, 0) is 4.74 Å². The van der Waals surface area contributed by atoms with Gasteiger partial charge in [-0.2, -0.15) is 0 Å². The molecular weight excluding hydrogens is 218 g/mol. The molecule has 100 valence electrons. The van der Waals surface area contributed by atoms with Crippen LogP contribution in [0, 0.1) is 0 Å². The van der Waals surface area contributed by atoms with E-state index < -0.39 is 0 Å².